The summed E-state index contributed by atoms with van der Waals surface area (Å²) < 4.78 is 22.3. The number of nitrogens with zero attached hydrogens (tertiary/aromatic N) is 2. The highest BCUT2D eigenvalue weighted by Crippen LogP contribution is 2.34. The van der Waals surface area contributed by atoms with Crippen LogP contribution < -0.4 is 4.74 Å². The zero-order valence-corrected chi connectivity index (χ0v) is 18.8. The van der Waals surface area contributed by atoms with Gasteiger partial charge in [-0.15, -0.1) is 6.58 Å². The van der Waals surface area contributed by atoms with Crippen molar-refractivity contribution < 1.29 is 18.7 Å². The molecule has 158 valence electrons. The van der Waals surface area contributed by atoms with Crippen LogP contribution in [-0.4, -0.2) is 33.8 Å². The number of aromatic nitrogens is 1. The summed E-state index contributed by atoms with van der Waals surface area (Å²) in [7, 11) is 0. The standard InChI is InChI=1S/C23H18BrFN2O3S/c1-2-9-27-22(28)21(31-23(27)29)12-15-14-26(19-8-7-16(24)13-17(15)19)10-11-30-20-6-4-3-5-18(20)25/h2-8,12-14H,1,9-11H2/b21-12-. The molecule has 1 fully saturated rings. The molecule has 2 heterocycles. The lowest BCUT2D eigenvalue weighted by atomic mass is 10.1. The van der Waals surface area contributed by atoms with Crippen molar-refractivity contribution in [2.75, 3.05) is 13.2 Å². The molecule has 0 unspecified atom stereocenters. The van der Waals surface area contributed by atoms with E-state index in [1.165, 1.54) is 17.0 Å². The molecule has 4 rings (SSSR count). The van der Waals surface area contributed by atoms with Gasteiger partial charge in [-0.2, -0.15) is 0 Å². The maximum absolute atomic E-state index is 13.8. The van der Waals surface area contributed by atoms with Crippen LogP contribution in [0.15, 0.2) is 70.7 Å². The summed E-state index contributed by atoms with van der Waals surface area (Å²) in [6.45, 7) is 4.53. The van der Waals surface area contributed by atoms with Crippen molar-refractivity contribution >= 4 is 55.8 Å². The number of imide groups is 1. The molecular formula is C23H18BrFN2O3S. The number of hydrogen-bond acceptors (Lipinski definition) is 4. The Morgan fingerprint density at radius 1 is 1.19 bits per heavy atom. The van der Waals surface area contributed by atoms with Crippen LogP contribution in [0.3, 0.4) is 0 Å². The van der Waals surface area contributed by atoms with Crippen LogP contribution in [0.1, 0.15) is 5.56 Å². The number of ether oxygens (including phenoxy) is 1. The molecule has 1 aliphatic heterocycles. The molecule has 3 aromatic rings. The Labute approximate surface area is 191 Å². The van der Waals surface area contributed by atoms with E-state index in [9.17, 15) is 14.0 Å². The molecule has 0 bridgehead atoms. The average Bonchev–Trinajstić information content (AvgIpc) is 3.21. The summed E-state index contributed by atoms with van der Waals surface area (Å²) in [5.41, 5.74) is 1.75. The summed E-state index contributed by atoms with van der Waals surface area (Å²) in [5, 5.41) is 0.621. The quantitative estimate of drug-likeness (QED) is 0.301. The van der Waals surface area contributed by atoms with Crippen LogP contribution in [0.25, 0.3) is 17.0 Å². The molecule has 0 N–H and O–H groups in total. The molecule has 31 heavy (non-hydrogen) atoms. The van der Waals surface area contributed by atoms with Crippen molar-refractivity contribution in [3.05, 3.63) is 82.1 Å². The highest BCUT2D eigenvalue weighted by molar-refractivity contribution is 9.10. The molecule has 1 aliphatic rings. The van der Waals surface area contributed by atoms with Gasteiger partial charge in [0.1, 0.15) is 6.61 Å². The molecule has 0 radical (unpaired) electrons. The number of benzene rings is 2. The molecule has 2 aromatic carbocycles. The van der Waals surface area contributed by atoms with Crippen LogP contribution in [0.4, 0.5) is 9.18 Å². The van der Waals surface area contributed by atoms with Crippen LogP contribution in [-0.2, 0) is 11.3 Å². The fraction of sp³-hybridized carbons (Fsp3) is 0.130. The minimum atomic E-state index is -0.403. The second-order valence-electron chi connectivity index (χ2n) is 6.80. The molecule has 0 atom stereocenters. The third-order valence-corrected chi connectivity index (χ3v) is 6.17. The number of amides is 2. The summed E-state index contributed by atoms with van der Waals surface area (Å²) >= 11 is 4.41. The van der Waals surface area contributed by atoms with Crippen LogP contribution in [0.2, 0.25) is 0 Å². The molecule has 0 saturated carbocycles. The molecule has 1 saturated heterocycles. The smallest absolute Gasteiger partial charge is 0.293 e. The topological polar surface area (TPSA) is 51.5 Å². The predicted molar refractivity (Wildman–Crippen MR) is 124 cm³/mol. The lowest BCUT2D eigenvalue weighted by Gasteiger charge is -2.09. The number of carbonyl (C=O) groups is 2. The molecule has 0 aliphatic carbocycles. The first-order chi connectivity index (χ1) is 15.0. The zero-order valence-electron chi connectivity index (χ0n) is 16.4. The second kappa shape index (κ2) is 9.11. The third-order valence-electron chi connectivity index (χ3n) is 4.77. The lowest BCUT2D eigenvalue weighted by molar-refractivity contribution is -0.122. The van der Waals surface area contributed by atoms with E-state index in [4.69, 9.17) is 4.74 Å². The number of hydrogen-bond donors (Lipinski definition) is 0. The largest absolute Gasteiger partial charge is 0.489 e. The SMILES string of the molecule is C=CCN1C(=O)S/C(=C\c2cn(CCOc3ccccc3F)c3ccc(Br)cc23)C1=O. The number of fused-ring (bicyclic) bond motifs is 1. The molecule has 2 amide bonds. The van der Waals surface area contributed by atoms with Crippen LogP contribution >= 0.6 is 27.7 Å². The van der Waals surface area contributed by atoms with Gasteiger partial charge in [0.25, 0.3) is 11.1 Å². The maximum atomic E-state index is 13.8. The number of para-hydroxylation sites is 1. The fourth-order valence-electron chi connectivity index (χ4n) is 3.34. The summed E-state index contributed by atoms with van der Waals surface area (Å²) in [5.74, 6) is -0.522. The van der Waals surface area contributed by atoms with Crippen LogP contribution in [0, 0.1) is 5.82 Å². The van der Waals surface area contributed by atoms with E-state index in [1.54, 1.807) is 24.3 Å². The minimum Gasteiger partial charge on any atom is -0.489 e. The number of carbonyl (C=O) groups excluding carboxylic acids is 2. The van der Waals surface area contributed by atoms with E-state index < -0.39 is 5.82 Å². The minimum absolute atomic E-state index is 0.183. The second-order valence-corrected chi connectivity index (χ2v) is 8.71. The van der Waals surface area contributed by atoms with E-state index in [0.29, 0.717) is 11.4 Å². The van der Waals surface area contributed by atoms with Gasteiger partial charge in [0.2, 0.25) is 0 Å². The molecular weight excluding hydrogens is 483 g/mol. The van der Waals surface area contributed by atoms with Gasteiger partial charge < -0.3 is 9.30 Å². The highest BCUT2D eigenvalue weighted by Gasteiger charge is 2.34. The van der Waals surface area contributed by atoms with Crippen molar-refractivity contribution in [3.63, 3.8) is 0 Å². The van der Waals surface area contributed by atoms with Crippen molar-refractivity contribution in [2.45, 2.75) is 6.54 Å². The highest BCUT2D eigenvalue weighted by atomic mass is 79.9. The van der Waals surface area contributed by atoms with Gasteiger partial charge in [-0.3, -0.25) is 14.5 Å². The number of halogens is 2. The fourth-order valence-corrected chi connectivity index (χ4v) is 4.54. The van der Waals surface area contributed by atoms with Crippen molar-refractivity contribution in [1.82, 2.24) is 9.47 Å². The number of rotatable bonds is 7. The van der Waals surface area contributed by atoms with E-state index in [-0.39, 0.29) is 30.0 Å². The van der Waals surface area contributed by atoms with E-state index in [2.05, 4.69) is 22.5 Å². The van der Waals surface area contributed by atoms with Crippen LogP contribution in [0.5, 0.6) is 5.75 Å². The number of thioether (sulfide) groups is 1. The van der Waals surface area contributed by atoms with Gasteiger partial charge in [0.05, 0.1) is 11.4 Å². The Morgan fingerprint density at radius 3 is 2.77 bits per heavy atom. The van der Waals surface area contributed by atoms with E-state index in [1.807, 2.05) is 29.0 Å². The summed E-state index contributed by atoms with van der Waals surface area (Å²) in [6, 6.07) is 12.1. The van der Waals surface area contributed by atoms with Gasteiger partial charge in [-0.25, -0.2) is 4.39 Å². The first kappa shape index (κ1) is 21.4. The predicted octanol–water partition coefficient (Wildman–Crippen LogP) is 5.84. The Morgan fingerprint density at radius 2 is 2.00 bits per heavy atom. The van der Waals surface area contributed by atoms with Gasteiger partial charge in [-0.1, -0.05) is 34.1 Å². The zero-order chi connectivity index (χ0) is 22.0. The van der Waals surface area contributed by atoms with Crippen molar-refractivity contribution in [3.8, 4) is 5.75 Å². The molecule has 5 nitrogen and oxygen atoms in total. The van der Waals surface area contributed by atoms with Crippen molar-refractivity contribution in [1.29, 1.82) is 0 Å². The molecule has 1 aromatic heterocycles. The Balaban J connectivity index is 1.62. The molecule has 8 heteroatoms. The first-order valence-electron chi connectivity index (χ1n) is 9.50. The van der Waals surface area contributed by atoms with Gasteiger partial charge >= 0.3 is 0 Å². The van der Waals surface area contributed by atoms with Gasteiger partial charge in [0, 0.05) is 33.7 Å². The van der Waals surface area contributed by atoms with E-state index in [0.717, 1.165) is 32.7 Å². The Bertz CT molecular complexity index is 1220. The first-order valence-corrected chi connectivity index (χ1v) is 11.1. The Kier molecular flexibility index (Phi) is 6.29. The van der Waals surface area contributed by atoms with Crippen molar-refractivity contribution in [2.24, 2.45) is 0 Å². The monoisotopic (exact) mass is 500 g/mol. The average molecular weight is 501 g/mol. The van der Waals surface area contributed by atoms with Gasteiger partial charge in [-0.05, 0) is 48.2 Å². The van der Waals surface area contributed by atoms with Gasteiger partial charge in [0.15, 0.2) is 11.6 Å². The lowest BCUT2D eigenvalue weighted by Crippen LogP contribution is -2.27. The summed E-state index contributed by atoms with van der Waals surface area (Å²) in [4.78, 5) is 26.2. The normalized spacial score (nSPS) is 15.3. The Hall–Kier alpha value is -2.84. The van der Waals surface area contributed by atoms with E-state index >= 15 is 0 Å². The molecule has 0 spiro atoms. The maximum Gasteiger partial charge on any atom is 0.293 e. The summed E-state index contributed by atoms with van der Waals surface area (Å²) in [6.07, 6.45) is 5.16. The third kappa shape index (κ3) is 4.45.